The van der Waals surface area contributed by atoms with Crippen LogP contribution >= 0.6 is 0 Å². The molecule has 5 amide bonds. The van der Waals surface area contributed by atoms with Gasteiger partial charge in [0.15, 0.2) is 0 Å². The second-order valence-corrected chi connectivity index (χ2v) is 10.8. The molecule has 220 valence electrons. The highest BCUT2D eigenvalue weighted by atomic mass is 16.2. The van der Waals surface area contributed by atoms with Gasteiger partial charge in [-0.05, 0) is 44.2 Å². The van der Waals surface area contributed by atoms with Crippen molar-refractivity contribution in [1.29, 1.82) is 0 Å². The summed E-state index contributed by atoms with van der Waals surface area (Å²) >= 11 is 0. The number of carbonyl (C=O) groups is 5. The van der Waals surface area contributed by atoms with E-state index in [1.54, 1.807) is 11.8 Å². The zero-order valence-corrected chi connectivity index (χ0v) is 23.3. The average Bonchev–Trinajstić information content (AvgIpc) is 2.93. The number of nitrogens with one attached hydrogen (secondary N) is 3. The lowest BCUT2D eigenvalue weighted by molar-refractivity contribution is -0.149. The summed E-state index contributed by atoms with van der Waals surface area (Å²) in [6, 6.07) is 7.57. The molecule has 3 rings (SSSR count). The Morgan fingerprint density at radius 1 is 0.900 bits per heavy atom. The van der Waals surface area contributed by atoms with Gasteiger partial charge in [0.25, 0.3) is 0 Å². The maximum atomic E-state index is 13.4. The Labute approximate surface area is 235 Å². The summed E-state index contributed by atoms with van der Waals surface area (Å²) < 4.78 is 0. The van der Waals surface area contributed by atoms with Crippen LogP contribution in [0.4, 0.5) is 0 Å². The van der Waals surface area contributed by atoms with Crippen LogP contribution in [0.25, 0.3) is 0 Å². The fourth-order valence-electron chi connectivity index (χ4n) is 5.32. The molecular weight excluding hydrogens is 514 g/mol. The van der Waals surface area contributed by atoms with Gasteiger partial charge in [0.1, 0.15) is 12.1 Å². The van der Waals surface area contributed by atoms with E-state index in [9.17, 15) is 24.0 Å². The van der Waals surface area contributed by atoms with E-state index in [1.807, 2.05) is 35.2 Å². The molecule has 2 aliphatic rings. The zero-order valence-electron chi connectivity index (χ0n) is 23.3. The van der Waals surface area contributed by atoms with E-state index in [2.05, 4.69) is 16.0 Å². The molecule has 0 bridgehead atoms. The Balaban J connectivity index is 1.54. The van der Waals surface area contributed by atoms with E-state index in [-0.39, 0.29) is 36.7 Å². The zero-order chi connectivity index (χ0) is 29.1. The van der Waals surface area contributed by atoms with E-state index >= 15 is 0 Å². The number of hydrogen-bond acceptors (Lipinski definition) is 7. The average molecular weight is 558 g/mol. The largest absolute Gasteiger partial charge is 0.345 e. The van der Waals surface area contributed by atoms with E-state index in [1.165, 1.54) is 0 Å². The van der Waals surface area contributed by atoms with Gasteiger partial charge in [-0.15, -0.1) is 0 Å². The summed E-state index contributed by atoms with van der Waals surface area (Å²) in [5, 5.41) is 7.97. The fourth-order valence-corrected chi connectivity index (χ4v) is 5.32. The van der Waals surface area contributed by atoms with Gasteiger partial charge in [0.2, 0.25) is 29.5 Å². The van der Waals surface area contributed by atoms with E-state index < -0.39 is 29.8 Å². The first-order valence-electron chi connectivity index (χ1n) is 14.0. The molecular formula is C28H43N7O5. The van der Waals surface area contributed by atoms with E-state index in [4.69, 9.17) is 11.5 Å². The van der Waals surface area contributed by atoms with Gasteiger partial charge in [0.05, 0.1) is 13.1 Å². The molecule has 12 heteroatoms. The standard InChI is InChI=1S/C28H43N7O5/c1-20(36)35-18-28(19-35)10-13-34(14-11-28)27(40)22(9-5-6-12-29)32-25(38)17-31-26(39)23(33-24(37)16-30)15-21-7-3-2-4-8-21/h2-4,7-8,22-23H,5-6,9-19,29-30H2,1H3,(H,31,39)(H,32,38)(H,33,37). The lowest BCUT2D eigenvalue weighted by atomic mass is 9.72. The molecule has 1 aromatic carbocycles. The molecule has 2 aliphatic heterocycles. The van der Waals surface area contributed by atoms with Gasteiger partial charge in [-0.25, -0.2) is 0 Å². The Morgan fingerprint density at radius 2 is 1.55 bits per heavy atom. The van der Waals surface area contributed by atoms with Crippen LogP contribution in [0, 0.1) is 5.41 Å². The first-order chi connectivity index (χ1) is 19.2. The number of nitrogens with two attached hydrogens (primary N) is 2. The maximum Gasteiger partial charge on any atom is 0.245 e. The number of piperidine rings is 1. The summed E-state index contributed by atoms with van der Waals surface area (Å²) in [5.41, 5.74) is 12.0. The molecule has 7 N–H and O–H groups in total. The number of likely N-dealkylation sites (tertiary alicyclic amines) is 2. The third-order valence-electron chi connectivity index (χ3n) is 7.76. The third-order valence-corrected chi connectivity index (χ3v) is 7.76. The molecule has 0 radical (unpaired) electrons. The van der Waals surface area contributed by atoms with Gasteiger partial charge < -0.3 is 37.2 Å². The van der Waals surface area contributed by atoms with Gasteiger partial charge in [-0.1, -0.05) is 30.3 Å². The van der Waals surface area contributed by atoms with Crippen molar-refractivity contribution in [2.45, 2.75) is 57.5 Å². The second-order valence-electron chi connectivity index (χ2n) is 10.8. The number of carbonyl (C=O) groups excluding carboxylic acids is 5. The highest BCUT2D eigenvalue weighted by molar-refractivity contribution is 5.93. The van der Waals surface area contributed by atoms with Gasteiger partial charge in [-0.3, -0.25) is 24.0 Å². The van der Waals surface area contributed by atoms with Crippen molar-refractivity contribution >= 4 is 29.5 Å². The van der Waals surface area contributed by atoms with Crippen LogP contribution in [0.15, 0.2) is 30.3 Å². The Hall–Kier alpha value is -3.51. The molecule has 0 saturated carbocycles. The Bertz CT molecular complexity index is 1030. The molecule has 1 spiro atoms. The van der Waals surface area contributed by atoms with Crippen molar-refractivity contribution in [1.82, 2.24) is 25.8 Å². The minimum absolute atomic E-state index is 0.0760. The predicted octanol–water partition coefficient (Wildman–Crippen LogP) is -1.13. The molecule has 2 saturated heterocycles. The van der Waals surface area contributed by atoms with Crippen LogP contribution < -0.4 is 27.4 Å². The van der Waals surface area contributed by atoms with Crippen LogP contribution in [0.3, 0.4) is 0 Å². The smallest absolute Gasteiger partial charge is 0.245 e. The van der Waals surface area contributed by atoms with Crippen molar-refractivity contribution in [2.75, 3.05) is 45.8 Å². The minimum atomic E-state index is -0.903. The normalized spacial score (nSPS) is 17.4. The quantitative estimate of drug-likeness (QED) is 0.190. The van der Waals surface area contributed by atoms with E-state index in [0.717, 1.165) is 37.9 Å². The van der Waals surface area contributed by atoms with Crippen LogP contribution in [-0.4, -0.2) is 97.2 Å². The maximum absolute atomic E-state index is 13.4. The summed E-state index contributed by atoms with van der Waals surface area (Å²) in [7, 11) is 0. The fraction of sp³-hybridized carbons (Fsp3) is 0.607. The topological polar surface area (TPSA) is 180 Å². The van der Waals surface area contributed by atoms with Crippen LogP contribution in [0.2, 0.25) is 0 Å². The minimum Gasteiger partial charge on any atom is -0.345 e. The van der Waals surface area contributed by atoms with Crippen molar-refractivity contribution in [3.05, 3.63) is 35.9 Å². The van der Waals surface area contributed by atoms with Crippen molar-refractivity contribution in [3.63, 3.8) is 0 Å². The Kier molecular flexibility index (Phi) is 11.4. The third kappa shape index (κ3) is 8.75. The van der Waals surface area contributed by atoms with Crippen molar-refractivity contribution in [2.24, 2.45) is 16.9 Å². The summed E-state index contributed by atoms with van der Waals surface area (Å²) in [4.78, 5) is 66.2. The van der Waals surface area contributed by atoms with Gasteiger partial charge in [0, 0.05) is 44.9 Å². The lowest BCUT2D eigenvalue weighted by Gasteiger charge is -2.54. The predicted molar refractivity (Wildman–Crippen MR) is 149 cm³/mol. The molecule has 2 heterocycles. The molecule has 12 nitrogen and oxygen atoms in total. The Morgan fingerprint density at radius 3 is 2.15 bits per heavy atom. The number of rotatable bonds is 13. The molecule has 0 aliphatic carbocycles. The summed E-state index contributed by atoms with van der Waals surface area (Å²) in [5.74, 6) is -1.57. The number of amides is 5. The molecule has 40 heavy (non-hydrogen) atoms. The first kappa shape index (κ1) is 31.0. The lowest BCUT2D eigenvalue weighted by Crippen LogP contribution is -2.62. The molecule has 2 unspecified atom stereocenters. The van der Waals surface area contributed by atoms with Gasteiger partial charge in [-0.2, -0.15) is 0 Å². The molecule has 2 fully saturated rings. The molecule has 0 aromatic heterocycles. The van der Waals surface area contributed by atoms with Gasteiger partial charge >= 0.3 is 0 Å². The number of benzene rings is 1. The highest BCUT2D eigenvalue weighted by Crippen LogP contribution is 2.40. The monoisotopic (exact) mass is 557 g/mol. The second kappa shape index (κ2) is 14.8. The van der Waals surface area contributed by atoms with Crippen LogP contribution in [0.1, 0.15) is 44.6 Å². The number of nitrogens with zero attached hydrogens (tertiary/aromatic N) is 2. The summed E-state index contributed by atoms with van der Waals surface area (Å²) in [6.07, 6.45) is 3.72. The van der Waals surface area contributed by atoms with E-state index in [0.29, 0.717) is 32.5 Å². The van der Waals surface area contributed by atoms with Crippen LogP contribution in [0.5, 0.6) is 0 Å². The SMILES string of the molecule is CC(=O)N1CC2(CCN(C(=O)C(CCCCN)NC(=O)CNC(=O)C(Cc3ccccc3)NC(=O)CN)CC2)C1. The highest BCUT2D eigenvalue weighted by Gasteiger charge is 2.46. The number of hydrogen-bond donors (Lipinski definition) is 5. The van der Waals surface area contributed by atoms with Crippen molar-refractivity contribution < 1.29 is 24.0 Å². The summed E-state index contributed by atoms with van der Waals surface area (Å²) in [6.45, 7) is 4.07. The first-order valence-corrected chi connectivity index (χ1v) is 14.0. The van der Waals surface area contributed by atoms with Crippen LogP contribution in [-0.2, 0) is 30.4 Å². The molecule has 1 aromatic rings. The number of unbranched alkanes of at least 4 members (excludes halogenated alkanes) is 1. The van der Waals surface area contributed by atoms with Crippen molar-refractivity contribution in [3.8, 4) is 0 Å². The molecule has 2 atom stereocenters.